The number of primary amides is 1. The molecule has 1 aromatic carbocycles. The lowest BCUT2D eigenvalue weighted by Gasteiger charge is -2.06. The van der Waals surface area contributed by atoms with Gasteiger partial charge < -0.3 is 15.8 Å². The number of carbonyl (C=O) groups is 1. The maximum Gasteiger partial charge on any atom is 0.248 e. The molecular weight excluding hydrogens is 228 g/mol. The largest absolute Gasteiger partial charge is 0.381 e. The van der Waals surface area contributed by atoms with Gasteiger partial charge in [0.05, 0.1) is 0 Å². The van der Waals surface area contributed by atoms with E-state index in [2.05, 4.69) is 12.2 Å². The number of benzene rings is 1. The highest BCUT2D eigenvalue weighted by molar-refractivity contribution is 5.92. The molecule has 0 aliphatic carbocycles. The Balaban J connectivity index is 2.14. The molecule has 4 nitrogen and oxygen atoms in total. The summed E-state index contributed by atoms with van der Waals surface area (Å²) >= 11 is 0. The monoisotopic (exact) mass is 250 g/mol. The molecule has 0 aliphatic rings. The first-order valence-electron chi connectivity index (χ1n) is 6.41. The van der Waals surface area contributed by atoms with Gasteiger partial charge in [-0.05, 0) is 37.1 Å². The third kappa shape index (κ3) is 5.80. The highest BCUT2D eigenvalue weighted by Gasteiger charge is 1.99. The molecule has 1 aromatic rings. The van der Waals surface area contributed by atoms with Crippen molar-refractivity contribution in [2.24, 2.45) is 5.73 Å². The molecule has 0 aromatic heterocycles. The molecule has 0 heterocycles. The molecule has 1 amide bonds. The lowest BCUT2D eigenvalue weighted by atomic mass is 10.1. The van der Waals surface area contributed by atoms with Crippen LogP contribution in [0, 0.1) is 0 Å². The number of carbonyl (C=O) groups excluding carboxylic acids is 1. The summed E-state index contributed by atoms with van der Waals surface area (Å²) in [6.45, 7) is 5.48. The maximum absolute atomic E-state index is 10.9. The third-order valence-corrected chi connectivity index (χ3v) is 2.56. The van der Waals surface area contributed by atoms with E-state index in [-0.39, 0.29) is 5.91 Å². The molecule has 0 bridgehead atoms. The molecule has 0 atom stereocenters. The van der Waals surface area contributed by atoms with E-state index in [9.17, 15) is 4.79 Å². The van der Waals surface area contributed by atoms with Gasteiger partial charge in [0.25, 0.3) is 0 Å². The minimum atomic E-state index is -0.386. The van der Waals surface area contributed by atoms with Gasteiger partial charge in [-0.1, -0.05) is 19.1 Å². The number of nitrogens with one attached hydrogen (secondary N) is 1. The Labute approximate surface area is 109 Å². The number of amides is 1. The van der Waals surface area contributed by atoms with Gasteiger partial charge in [0.15, 0.2) is 0 Å². The second kappa shape index (κ2) is 8.66. The van der Waals surface area contributed by atoms with Crippen molar-refractivity contribution < 1.29 is 9.53 Å². The lowest BCUT2D eigenvalue weighted by Crippen LogP contribution is -2.17. The third-order valence-electron chi connectivity index (χ3n) is 2.56. The predicted octanol–water partition coefficient (Wildman–Crippen LogP) is 1.69. The van der Waals surface area contributed by atoms with Crippen LogP contribution < -0.4 is 11.1 Å². The topological polar surface area (TPSA) is 64.3 Å². The number of ether oxygens (including phenoxy) is 1. The van der Waals surface area contributed by atoms with Gasteiger partial charge >= 0.3 is 0 Å². The molecule has 0 spiro atoms. The highest BCUT2D eigenvalue weighted by atomic mass is 16.5. The zero-order valence-electron chi connectivity index (χ0n) is 10.9. The van der Waals surface area contributed by atoms with E-state index in [1.165, 1.54) is 0 Å². The summed E-state index contributed by atoms with van der Waals surface area (Å²) in [4.78, 5) is 10.9. The molecule has 18 heavy (non-hydrogen) atoms. The molecule has 0 aliphatic heterocycles. The second-order valence-electron chi connectivity index (χ2n) is 4.20. The fraction of sp³-hybridized carbons (Fsp3) is 0.500. The van der Waals surface area contributed by atoms with Crippen molar-refractivity contribution in [2.75, 3.05) is 19.8 Å². The van der Waals surface area contributed by atoms with Crippen molar-refractivity contribution in [3.8, 4) is 0 Å². The van der Waals surface area contributed by atoms with Crippen molar-refractivity contribution in [1.82, 2.24) is 5.32 Å². The minimum absolute atomic E-state index is 0.386. The van der Waals surface area contributed by atoms with E-state index in [1.807, 2.05) is 12.1 Å². The Morgan fingerprint density at radius 2 is 2.00 bits per heavy atom. The van der Waals surface area contributed by atoms with Crippen molar-refractivity contribution in [2.45, 2.75) is 26.3 Å². The van der Waals surface area contributed by atoms with Gasteiger partial charge in [-0.25, -0.2) is 0 Å². The van der Waals surface area contributed by atoms with E-state index in [4.69, 9.17) is 10.5 Å². The number of hydrogen-bond donors (Lipinski definition) is 2. The predicted molar refractivity (Wildman–Crippen MR) is 72.4 cm³/mol. The van der Waals surface area contributed by atoms with Crippen molar-refractivity contribution >= 4 is 5.91 Å². The van der Waals surface area contributed by atoms with Crippen LogP contribution in [0.5, 0.6) is 0 Å². The van der Waals surface area contributed by atoms with Crippen LogP contribution in [0.25, 0.3) is 0 Å². The molecular formula is C14H22N2O2. The first-order valence-corrected chi connectivity index (χ1v) is 6.41. The summed E-state index contributed by atoms with van der Waals surface area (Å²) in [7, 11) is 0. The Bertz CT molecular complexity index is 349. The first kappa shape index (κ1) is 14.7. The van der Waals surface area contributed by atoms with Crippen molar-refractivity contribution in [1.29, 1.82) is 0 Å². The SMILES string of the molecule is CCCOCCCNCc1ccc(C(N)=O)cc1. The molecule has 4 heteroatoms. The smallest absolute Gasteiger partial charge is 0.248 e. The van der Waals surface area contributed by atoms with E-state index in [1.54, 1.807) is 12.1 Å². The number of rotatable bonds is 9. The summed E-state index contributed by atoms with van der Waals surface area (Å²) in [6, 6.07) is 7.34. The molecule has 100 valence electrons. The zero-order valence-corrected chi connectivity index (χ0v) is 10.9. The van der Waals surface area contributed by atoms with Gasteiger partial charge in [0.2, 0.25) is 5.91 Å². The summed E-state index contributed by atoms with van der Waals surface area (Å²) in [5.74, 6) is -0.386. The first-order chi connectivity index (χ1) is 8.74. The molecule has 0 fully saturated rings. The maximum atomic E-state index is 10.9. The fourth-order valence-corrected chi connectivity index (χ4v) is 1.57. The van der Waals surface area contributed by atoms with Crippen LogP contribution >= 0.6 is 0 Å². The van der Waals surface area contributed by atoms with Crippen molar-refractivity contribution in [3.63, 3.8) is 0 Å². The van der Waals surface area contributed by atoms with Gasteiger partial charge in [-0.3, -0.25) is 4.79 Å². The van der Waals surface area contributed by atoms with Gasteiger partial charge in [0.1, 0.15) is 0 Å². The van der Waals surface area contributed by atoms with Crippen LogP contribution in [0.4, 0.5) is 0 Å². The summed E-state index contributed by atoms with van der Waals surface area (Å²) in [5.41, 5.74) is 6.87. The Morgan fingerprint density at radius 3 is 2.61 bits per heavy atom. The van der Waals surface area contributed by atoms with Gasteiger partial charge in [-0.2, -0.15) is 0 Å². The van der Waals surface area contributed by atoms with Crippen LogP contribution in [0.1, 0.15) is 35.7 Å². The quantitative estimate of drug-likeness (QED) is 0.656. The minimum Gasteiger partial charge on any atom is -0.381 e. The van der Waals surface area contributed by atoms with E-state index < -0.39 is 0 Å². The summed E-state index contributed by atoms with van der Waals surface area (Å²) in [5, 5.41) is 3.33. The average molecular weight is 250 g/mol. The van der Waals surface area contributed by atoms with Crippen LogP contribution in [-0.2, 0) is 11.3 Å². The van der Waals surface area contributed by atoms with E-state index in [0.717, 1.165) is 44.7 Å². The van der Waals surface area contributed by atoms with E-state index in [0.29, 0.717) is 5.56 Å². The van der Waals surface area contributed by atoms with Crippen molar-refractivity contribution in [3.05, 3.63) is 35.4 Å². The lowest BCUT2D eigenvalue weighted by molar-refractivity contribution is 0.100. The van der Waals surface area contributed by atoms with Crippen LogP contribution in [-0.4, -0.2) is 25.7 Å². The number of hydrogen-bond acceptors (Lipinski definition) is 3. The summed E-state index contributed by atoms with van der Waals surface area (Å²) in [6.07, 6.45) is 2.08. The second-order valence-corrected chi connectivity index (χ2v) is 4.20. The molecule has 1 rings (SSSR count). The Kier molecular flexibility index (Phi) is 7.06. The van der Waals surface area contributed by atoms with Crippen LogP contribution in [0.3, 0.4) is 0 Å². The van der Waals surface area contributed by atoms with Crippen LogP contribution in [0.15, 0.2) is 24.3 Å². The van der Waals surface area contributed by atoms with Gasteiger partial charge in [-0.15, -0.1) is 0 Å². The fourth-order valence-electron chi connectivity index (χ4n) is 1.57. The standard InChI is InChI=1S/C14H22N2O2/c1-2-9-18-10-3-8-16-11-12-4-6-13(7-5-12)14(15)17/h4-7,16H,2-3,8-11H2,1H3,(H2,15,17). The highest BCUT2D eigenvalue weighted by Crippen LogP contribution is 2.03. The molecule has 0 saturated heterocycles. The molecule has 3 N–H and O–H groups in total. The normalized spacial score (nSPS) is 10.5. The molecule has 0 saturated carbocycles. The molecule has 0 unspecified atom stereocenters. The Hall–Kier alpha value is -1.39. The average Bonchev–Trinajstić information content (AvgIpc) is 2.38. The van der Waals surface area contributed by atoms with Crippen LogP contribution in [0.2, 0.25) is 0 Å². The zero-order chi connectivity index (χ0) is 13.2. The number of nitrogens with two attached hydrogens (primary N) is 1. The van der Waals surface area contributed by atoms with Gasteiger partial charge in [0, 0.05) is 25.3 Å². The molecule has 0 radical (unpaired) electrons. The summed E-state index contributed by atoms with van der Waals surface area (Å²) < 4.78 is 5.39. The van der Waals surface area contributed by atoms with E-state index >= 15 is 0 Å². The Morgan fingerprint density at radius 1 is 1.28 bits per heavy atom.